The number of rotatable bonds is 3. The zero-order valence-corrected chi connectivity index (χ0v) is 7.83. The van der Waals surface area contributed by atoms with Gasteiger partial charge < -0.3 is 5.11 Å². The molecule has 64 valence electrons. The van der Waals surface area contributed by atoms with Crippen LogP contribution in [0.2, 0.25) is 0 Å². The molecule has 0 bridgehead atoms. The molecule has 0 fully saturated rings. The molecule has 0 radical (unpaired) electrons. The van der Waals surface area contributed by atoms with Crippen LogP contribution in [0.15, 0.2) is 0 Å². The van der Waals surface area contributed by atoms with Gasteiger partial charge in [0.05, 0.1) is 0 Å². The molecule has 0 unspecified atom stereocenters. The second-order valence-electron chi connectivity index (χ2n) is 3.68. The van der Waals surface area contributed by atoms with Gasteiger partial charge in [-0.2, -0.15) is 0 Å². The molecule has 1 nitrogen and oxygen atoms in total. The molecule has 1 atom stereocenters. The Morgan fingerprint density at radius 1 is 1.09 bits per heavy atom. The molecular weight excluding hydrogens is 136 g/mol. The standard InChI is InChI=1S/C10H18O/c1-6-9(11)10(7(2)3)8(4)5/h1,7-11H,2-5H3/t9-/m1/s1. The molecule has 1 N–H and O–H groups in total. The maximum Gasteiger partial charge on any atom is 0.117 e. The average Bonchev–Trinajstić information content (AvgIpc) is 1.85. The summed E-state index contributed by atoms with van der Waals surface area (Å²) < 4.78 is 0. The highest BCUT2D eigenvalue weighted by molar-refractivity contribution is 4.98. The molecule has 0 aliphatic heterocycles. The van der Waals surface area contributed by atoms with Crippen LogP contribution >= 0.6 is 0 Å². The Labute approximate surface area is 69.8 Å². The van der Waals surface area contributed by atoms with Crippen molar-refractivity contribution < 1.29 is 5.11 Å². The minimum atomic E-state index is -0.588. The van der Waals surface area contributed by atoms with Gasteiger partial charge in [-0.05, 0) is 11.8 Å². The normalized spacial score (nSPS) is 14.1. The predicted octanol–water partition coefficient (Wildman–Crippen LogP) is 1.91. The highest BCUT2D eigenvalue weighted by Crippen LogP contribution is 2.23. The second-order valence-corrected chi connectivity index (χ2v) is 3.68. The number of hydrogen-bond donors (Lipinski definition) is 1. The van der Waals surface area contributed by atoms with Crippen molar-refractivity contribution in [2.24, 2.45) is 17.8 Å². The third kappa shape index (κ3) is 2.95. The van der Waals surface area contributed by atoms with Crippen LogP contribution in [0.5, 0.6) is 0 Å². The summed E-state index contributed by atoms with van der Waals surface area (Å²) in [7, 11) is 0. The molecule has 11 heavy (non-hydrogen) atoms. The van der Waals surface area contributed by atoms with Gasteiger partial charge in [-0.15, -0.1) is 6.42 Å². The fourth-order valence-corrected chi connectivity index (χ4v) is 1.61. The largest absolute Gasteiger partial charge is 0.380 e. The third-order valence-electron chi connectivity index (χ3n) is 2.07. The van der Waals surface area contributed by atoms with E-state index in [0.717, 1.165) is 0 Å². The van der Waals surface area contributed by atoms with E-state index in [2.05, 4.69) is 33.6 Å². The molecule has 0 rings (SSSR count). The van der Waals surface area contributed by atoms with Crippen LogP contribution in [0.25, 0.3) is 0 Å². The molecule has 1 heteroatoms. The summed E-state index contributed by atoms with van der Waals surface area (Å²) >= 11 is 0. The van der Waals surface area contributed by atoms with E-state index in [0.29, 0.717) is 11.8 Å². The van der Waals surface area contributed by atoms with Gasteiger partial charge in [0.25, 0.3) is 0 Å². The topological polar surface area (TPSA) is 20.2 Å². The molecule has 0 aliphatic carbocycles. The van der Waals surface area contributed by atoms with E-state index in [1.54, 1.807) is 0 Å². The Morgan fingerprint density at radius 3 is 1.55 bits per heavy atom. The van der Waals surface area contributed by atoms with E-state index < -0.39 is 6.10 Å². The minimum absolute atomic E-state index is 0.222. The van der Waals surface area contributed by atoms with E-state index in [9.17, 15) is 5.11 Å². The fourth-order valence-electron chi connectivity index (χ4n) is 1.61. The summed E-state index contributed by atoms with van der Waals surface area (Å²) in [5.74, 6) is 3.50. The first-order chi connectivity index (χ1) is 5.00. The maximum atomic E-state index is 9.42. The summed E-state index contributed by atoms with van der Waals surface area (Å²) in [6, 6.07) is 0. The van der Waals surface area contributed by atoms with Crippen molar-refractivity contribution in [2.45, 2.75) is 33.8 Å². The van der Waals surface area contributed by atoms with Crippen molar-refractivity contribution >= 4 is 0 Å². The van der Waals surface area contributed by atoms with Gasteiger partial charge in [-0.1, -0.05) is 33.6 Å². The fraction of sp³-hybridized carbons (Fsp3) is 0.800. The van der Waals surface area contributed by atoms with Crippen molar-refractivity contribution in [1.29, 1.82) is 0 Å². The Bertz CT molecular complexity index is 133. The Balaban J connectivity index is 4.24. The van der Waals surface area contributed by atoms with Gasteiger partial charge in [0.15, 0.2) is 0 Å². The van der Waals surface area contributed by atoms with E-state index in [1.807, 2.05) is 0 Å². The average molecular weight is 154 g/mol. The lowest BCUT2D eigenvalue weighted by molar-refractivity contribution is 0.0972. The van der Waals surface area contributed by atoms with Crippen LogP contribution in [0, 0.1) is 30.1 Å². The minimum Gasteiger partial charge on any atom is -0.380 e. The third-order valence-corrected chi connectivity index (χ3v) is 2.07. The monoisotopic (exact) mass is 154 g/mol. The number of hydrogen-bond acceptors (Lipinski definition) is 1. The lowest BCUT2D eigenvalue weighted by atomic mass is 9.81. The van der Waals surface area contributed by atoms with Gasteiger partial charge in [-0.3, -0.25) is 0 Å². The van der Waals surface area contributed by atoms with E-state index in [1.165, 1.54) is 0 Å². The molecule has 0 aromatic carbocycles. The molecule has 0 heterocycles. The second kappa shape index (κ2) is 4.41. The first kappa shape index (κ1) is 10.5. The number of aliphatic hydroxyl groups excluding tert-OH is 1. The number of terminal acetylenes is 1. The van der Waals surface area contributed by atoms with Gasteiger partial charge in [0.2, 0.25) is 0 Å². The van der Waals surface area contributed by atoms with Crippen LogP contribution in [0.1, 0.15) is 27.7 Å². The zero-order chi connectivity index (χ0) is 9.02. The predicted molar refractivity (Wildman–Crippen MR) is 48.0 cm³/mol. The summed E-state index contributed by atoms with van der Waals surface area (Å²) in [6.45, 7) is 8.35. The molecule has 0 aromatic heterocycles. The highest BCUT2D eigenvalue weighted by Gasteiger charge is 2.23. The molecule has 0 aliphatic rings. The smallest absolute Gasteiger partial charge is 0.117 e. The van der Waals surface area contributed by atoms with Gasteiger partial charge >= 0.3 is 0 Å². The molecule has 0 spiro atoms. The lowest BCUT2D eigenvalue weighted by Gasteiger charge is -2.26. The molecule has 0 amide bonds. The van der Waals surface area contributed by atoms with E-state index in [-0.39, 0.29) is 5.92 Å². The number of aliphatic hydroxyl groups is 1. The molecule has 0 saturated heterocycles. The molecular formula is C10H18O. The summed E-state index contributed by atoms with van der Waals surface area (Å²) in [5.41, 5.74) is 0. The van der Waals surface area contributed by atoms with E-state index in [4.69, 9.17) is 6.42 Å². The first-order valence-corrected chi connectivity index (χ1v) is 4.14. The summed E-state index contributed by atoms with van der Waals surface area (Å²) in [5, 5.41) is 9.42. The molecule has 0 saturated carbocycles. The maximum absolute atomic E-state index is 9.42. The van der Waals surface area contributed by atoms with Crippen LogP contribution in [-0.4, -0.2) is 11.2 Å². The Hall–Kier alpha value is -0.480. The van der Waals surface area contributed by atoms with Gasteiger partial charge in [0, 0.05) is 5.92 Å². The summed E-state index contributed by atoms with van der Waals surface area (Å²) in [4.78, 5) is 0. The Morgan fingerprint density at radius 2 is 1.45 bits per heavy atom. The highest BCUT2D eigenvalue weighted by atomic mass is 16.3. The zero-order valence-electron chi connectivity index (χ0n) is 7.83. The van der Waals surface area contributed by atoms with Crippen LogP contribution in [0.3, 0.4) is 0 Å². The van der Waals surface area contributed by atoms with Crippen molar-refractivity contribution in [1.82, 2.24) is 0 Å². The van der Waals surface area contributed by atoms with Crippen molar-refractivity contribution in [3.63, 3.8) is 0 Å². The van der Waals surface area contributed by atoms with E-state index >= 15 is 0 Å². The van der Waals surface area contributed by atoms with Gasteiger partial charge in [-0.25, -0.2) is 0 Å². The van der Waals surface area contributed by atoms with Gasteiger partial charge in [0.1, 0.15) is 6.10 Å². The van der Waals surface area contributed by atoms with Crippen LogP contribution in [0.4, 0.5) is 0 Å². The SMILES string of the molecule is C#C[C@@H](O)C(C(C)C)C(C)C. The Kier molecular flexibility index (Phi) is 4.22. The van der Waals surface area contributed by atoms with Crippen molar-refractivity contribution in [3.05, 3.63) is 0 Å². The first-order valence-electron chi connectivity index (χ1n) is 4.14. The van der Waals surface area contributed by atoms with Crippen molar-refractivity contribution in [2.75, 3.05) is 0 Å². The van der Waals surface area contributed by atoms with Crippen LogP contribution < -0.4 is 0 Å². The summed E-state index contributed by atoms with van der Waals surface area (Å²) in [6.07, 6.45) is 4.56. The lowest BCUT2D eigenvalue weighted by Crippen LogP contribution is -2.28. The quantitative estimate of drug-likeness (QED) is 0.616. The van der Waals surface area contributed by atoms with Crippen LogP contribution in [-0.2, 0) is 0 Å². The molecule has 0 aromatic rings. The van der Waals surface area contributed by atoms with Crippen molar-refractivity contribution in [3.8, 4) is 12.3 Å².